The van der Waals surface area contributed by atoms with Gasteiger partial charge in [-0.05, 0) is 53.6 Å². The minimum Gasteiger partial charge on any atom is -0.497 e. The van der Waals surface area contributed by atoms with E-state index in [4.69, 9.17) is 16.3 Å². The number of aromatic nitrogens is 1. The van der Waals surface area contributed by atoms with Crippen molar-refractivity contribution in [3.8, 4) is 5.75 Å². The summed E-state index contributed by atoms with van der Waals surface area (Å²) in [7, 11) is 1.62. The van der Waals surface area contributed by atoms with E-state index in [2.05, 4.69) is 10.6 Å². The Balaban J connectivity index is 1.60. The molecule has 3 aromatic carbocycles. The van der Waals surface area contributed by atoms with Crippen LogP contribution in [0.15, 0.2) is 97.2 Å². The van der Waals surface area contributed by atoms with Gasteiger partial charge in [0.05, 0.1) is 13.7 Å². The average Bonchev–Trinajstić information content (AvgIpc) is 3.27. The Morgan fingerprint density at radius 2 is 1.59 bits per heavy atom. The maximum atomic E-state index is 13.5. The molecule has 0 saturated heterocycles. The summed E-state index contributed by atoms with van der Waals surface area (Å²) in [5, 5.41) is 0.739. The van der Waals surface area contributed by atoms with Crippen LogP contribution in [-0.2, 0) is 19.6 Å². The monoisotopic (exact) mass is 444 g/mol. The van der Waals surface area contributed by atoms with E-state index in [1.165, 1.54) is 0 Å². The van der Waals surface area contributed by atoms with Gasteiger partial charge >= 0.3 is 0 Å². The second kappa shape index (κ2) is 10.2. The predicted molar refractivity (Wildman–Crippen MR) is 128 cm³/mol. The number of benzene rings is 3. The van der Waals surface area contributed by atoms with Crippen LogP contribution < -0.4 is 4.74 Å². The number of hydrogen-bond donors (Lipinski definition) is 0. The maximum Gasteiger partial charge on any atom is 0.254 e. The molecule has 4 nitrogen and oxygen atoms in total. The van der Waals surface area contributed by atoms with Crippen LogP contribution in [0.1, 0.15) is 27.2 Å². The fraction of sp³-hybridized carbons (Fsp3) is 0.148. The van der Waals surface area contributed by atoms with Crippen LogP contribution in [0.3, 0.4) is 0 Å². The normalized spacial score (nSPS) is 10.7. The van der Waals surface area contributed by atoms with E-state index in [1.807, 2.05) is 96.0 Å². The quantitative estimate of drug-likeness (QED) is 0.332. The van der Waals surface area contributed by atoms with Gasteiger partial charge in [-0.2, -0.15) is 0 Å². The van der Waals surface area contributed by atoms with E-state index in [0.717, 1.165) is 27.6 Å². The van der Waals surface area contributed by atoms with E-state index in [9.17, 15) is 4.79 Å². The van der Waals surface area contributed by atoms with Gasteiger partial charge in [0.2, 0.25) is 0 Å². The number of hydrogen-bond acceptors (Lipinski definition) is 2. The van der Waals surface area contributed by atoms with E-state index >= 15 is 0 Å². The summed E-state index contributed by atoms with van der Waals surface area (Å²) in [4.78, 5) is 15.3. The maximum absolute atomic E-state index is 13.5. The number of halogens is 1. The first-order chi connectivity index (χ1) is 15.6. The average molecular weight is 445 g/mol. The SMILES string of the molecule is COc1ccc(C(=O)N(Cc2ccccc2)Cc2cccn2Cc2ccccc2Cl)cc1. The molecule has 0 saturated carbocycles. The predicted octanol–water partition coefficient (Wildman–Crippen LogP) is 6.04. The van der Waals surface area contributed by atoms with Gasteiger partial charge in [-0.1, -0.05) is 60.1 Å². The van der Waals surface area contributed by atoms with Crippen molar-refractivity contribution < 1.29 is 9.53 Å². The standard InChI is InChI=1S/C27H25ClN2O2/c1-32-25-15-13-22(14-16-25)27(31)30(18-21-8-3-2-4-9-21)20-24-11-7-17-29(24)19-23-10-5-6-12-26(23)28/h2-17H,18-20H2,1H3. The van der Waals surface area contributed by atoms with Crippen LogP contribution in [0.25, 0.3) is 0 Å². The van der Waals surface area contributed by atoms with Gasteiger partial charge < -0.3 is 14.2 Å². The van der Waals surface area contributed by atoms with Crippen molar-refractivity contribution in [2.24, 2.45) is 0 Å². The van der Waals surface area contributed by atoms with Crippen LogP contribution in [0.2, 0.25) is 5.02 Å². The van der Waals surface area contributed by atoms with Crippen molar-refractivity contribution in [1.29, 1.82) is 0 Å². The van der Waals surface area contributed by atoms with Crippen LogP contribution in [0.5, 0.6) is 5.75 Å². The van der Waals surface area contributed by atoms with Gasteiger partial charge in [-0.15, -0.1) is 0 Å². The third-order valence-electron chi connectivity index (χ3n) is 5.42. The lowest BCUT2D eigenvalue weighted by atomic mass is 10.1. The minimum atomic E-state index is -0.0259. The molecule has 0 fully saturated rings. The third-order valence-corrected chi connectivity index (χ3v) is 5.78. The Labute approximate surface area is 193 Å². The van der Waals surface area contributed by atoms with Crippen molar-refractivity contribution in [3.05, 3.63) is 125 Å². The Morgan fingerprint density at radius 1 is 0.875 bits per heavy atom. The lowest BCUT2D eigenvalue weighted by Gasteiger charge is -2.24. The molecule has 0 N–H and O–H groups in total. The molecule has 32 heavy (non-hydrogen) atoms. The zero-order valence-electron chi connectivity index (χ0n) is 17.9. The molecule has 0 aliphatic carbocycles. The highest BCUT2D eigenvalue weighted by molar-refractivity contribution is 6.31. The van der Waals surface area contributed by atoms with Crippen molar-refractivity contribution in [3.63, 3.8) is 0 Å². The zero-order valence-corrected chi connectivity index (χ0v) is 18.7. The summed E-state index contributed by atoms with van der Waals surface area (Å²) >= 11 is 6.37. The topological polar surface area (TPSA) is 34.5 Å². The molecule has 162 valence electrons. The van der Waals surface area contributed by atoms with E-state index in [-0.39, 0.29) is 5.91 Å². The number of methoxy groups -OCH3 is 1. The Kier molecular flexibility index (Phi) is 6.93. The Morgan fingerprint density at radius 3 is 2.31 bits per heavy atom. The van der Waals surface area contributed by atoms with Crippen LogP contribution in [-0.4, -0.2) is 22.5 Å². The van der Waals surface area contributed by atoms with E-state index in [1.54, 1.807) is 7.11 Å². The van der Waals surface area contributed by atoms with Gasteiger partial charge in [-0.3, -0.25) is 4.79 Å². The number of carbonyl (C=O) groups excluding carboxylic acids is 1. The van der Waals surface area contributed by atoms with E-state index < -0.39 is 0 Å². The molecule has 0 radical (unpaired) electrons. The minimum absolute atomic E-state index is 0.0259. The molecule has 0 spiro atoms. The highest BCUT2D eigenvalue weighted by Gasteiger charge is 2.18. The summed E-state index contributed by atoms with van der Waals surface area (Å²) in [6, 6.07) is 29.2. The molecule has 4 aromatic rings. The fourth-order valence-corrected chi connectivity index (χ4v) is 3.87. The van der Waals surface area contributed by atoms with Crippen LogP contribution >= 0.6 is 11.6 Å². The first-order valence-corrected chi connectivity index (χ1v) is 10.9. The number of rotatable bonds is 8. The highest BCUT2D eigenvalue weighted by atomic mass is 35.5. The van der Waals surface area contributed by atoms with Crippen molar-refractivity contribution in [1.82, 2.24) is 9.47 Å². The molecule has 0 unspecified atom stereocenters. The van der Waals surface area contributed by atoms with Gasteiger partial charge in [0.15, 0.2) is 0 Å². The molecule has 4 rings (SSSR count). The number of nitrogens with zero attached hydrogens (tertiary/aromatic N) is 2. The molecule has 1 aromatic heterocycles. The zero-order chi connectivity index (χ0) is 22.3. The molecular formula is C27H25ClN2O2. The highest BCUT2D eigenvalue weighted by Crippen LogP contribution is 2.20. The van der Waals surface area contributed by atoms with Crippen molar-refractivity contribution >= 4 is 17.5 Å². The molecule has 1 heterocycles. The molecule has 0 aliphatic heterocycles. The molecule has 5 heteroatoms. The summed E-state index contributed by atoms with van der Waals surface area (Å²) in [6.07, 6.45) is 2.03. The first-order valence-electron chi connectivity index (χ1n) is 10.5. The summed E-state index contributed by atoms with van der Waals surface area (Å²) in [5.74, 6) is 0.701. The number of amides is 1. The third kappa shape index (κ3) is 5.21. The summed E-state index contributed by atoms with van der Waals surface area (Å²) < 4.78 is 7.37. The number of ether oxygens (including phenoxy) is 1. The lowest BCUT2D eigenvalue weighted by molar-refractivity contribution is 0.0726. The van der Waals surface area contributed by atoms with Crippen LogP contribution in [0.4, 0.5) is 0 Å². The lowest BCUT2D eigenvalue weighted by Crippen LogP contribution is -2.31. The van der Waals surface area contributed by atoms with Gasteiger partial charge in [0, 0.05) is 35.6 Å². The van der Waals surface area contributed by atoms with Crippen molar-refractivity contribution in [2.75, 3.05) is 7.11 Å². The molecule has 0 atom stereocenters. The summed E-state index contributed by atoms with van der Waals surface area (Å²) in [5.41, 5.74) is 3.80. The van der Waals surface area contributed by atoms with Gasteiger partial charge in [0.25, 0.3) is 5.91 Å². The van der Waals surface area contributed by atoms with E-state index in [0.29, 0.717) is 25.2 Å². The first kappa shape index (κ1) is 21.7. The molecule has 1 amide bonds. The second-order valence-electron chi connectivity index (χ2n) is 7.59. The summed E-state index contributed by atoms with van der Waals surface area (Å²) in [6.45, 7) is 1.65. The fourth-order valence-electron chi connectivity index (χ4n) is 3.67. The molecular weight excluding hydrogens is 420 g/mol. The van der Waals surface area contributed by atoms with Crippen molar-refractivity contribution in [2.45, 2.75) is 19.6 Å². The smallest absolute Gasteiger partial charge is 0.254 e. The molecule has 0 aliphatic rings. The number of carbonyl (C=O) groups is 1. The second-order valence-corrected chi connectivity index (χ2v) is 8.00. The molecule has 0 bridgehead atoms. The Bertz CT molecular complexity index is 1170. The largest absolute Gasteiger partial charge is 0.497 e. The Hall–Kier alpha value is -3.50. The van der Waals surface area contributed by atoms with Crippen LogP contribution in [0, 0.1) is 0 Å². The van der Waals surface area contributed by atoms with Gasteiger partial charge in [0.1, 0.15) is 5.75 Å². The van der Waals surface area contributed by atoms with Gasteiger partial charge in [-0.25, -0.2) is 0 Å².